The summed E-state index contributed by atoms with van der Waals surface area (Å²) >= 11 is 0. The predicted octanol–water partition coefficient (Wildman–Crippen LogP) is 1.59. The molecule has 0 spiro atoms. The summed E-state index contributed by atoms with van der Waals surface area (Å²) < 4.78 is 0. The number of piperidine rings is 1. The molecule has 1 aliphatic carbocycles. The molecule has 1 heterocycles. The lowest BCUT2D eigenvalue weighted by molar-refractivity contribution is -0.129. The first kappa shape index (κ1) is 12.1. The number of Topliss-reactive ketones (excluding diaryl/α,β-unsaturated/α-hetero) is 1. The fraction of sp³-hybridized carbons (Fsp3) is 0.923. The smallest absolute Gasteiger partial charge is 0.134 e. The van der Waals surface area contributed by atoms with Crippen LogP contribution in [0.3, 0.4) is 0 Å². The van der Waals surface area contributed by atoms with E-state index >= 15 is 0 Å². The molecular formula is C13H23NO2. The maximum absolute atomic E-state index is 11.6. The van der Waals surface area contributed by atoms with Gasteiger partial charge in [-0.2, -0.15) is 0 Å². The molecule has 0 bridgehead atoms. The average Bonchev–Trinajstić information content (AvgIpc) is 2.30. The zero-order valence-corrected chi connectivity index (χ0v) is 10.2. The Hall–Kier alpha value is -0.410. The van der Waals surface area contributed by atoms with Gasteiger partial charge in [0.05, 0.1) is 6.61 Å². The Labute approximate surface area is 97.8 Å². The van der Waals surface area contributed by atoms with E-state index in [0.29, 0.717) is 23.7 Å². The molecule has 3 heteroatoms. The van der Waals surface area contributed by atoms with E-state index in [1.54, 1.807) is 0 Å². The molecule has 0 amide bonds. The number of hydrogen-bond acceptors (Lipinski definition) is 3. The Morgan fingerprint density at radius 3 is 3.00 bits per heavy atom. The van der Waals surface area contributed by atoms with E-state index in [2.05, 4.69) is 11.8 Å². The summed E-state index contributed by atoms with van der Waals surface area (Å²) in [5.41, 5.74) is 0.362. The molecule has 1 N–H and O–H groups in total. The lowest BCUT2D eigenvalue weighted by Crippen LogP contribution is -2.55. The highest BCUT2D eigenvalue weighted by molar-refractivity contribution is 5.80. The van der Waals surface area contributed by atoms with Crippen LogP contribution in [0.25, 0.3) is 0 Å². The quantitative estimate of drug-likeness (QED) is 0.793. The summed E-state index contributed by atoms with van der Waals surface area (Å²) in [6.45, 7) is 4.26. The van der Waals surface area contributed by atoms with Gasteiger partial charge in [-0.15, -0.1) is 0 Å². The number of nitrogens with zero attached hydrogens (tertiary/aromatic N) is 1. The second-order valence-corrected chi connectivity index (χ2v) is 5.34. The van der Waals surface area contributed by atoms with Crippen molar-refractivity contribution in [2.75, 3.05) is 19.7 Å². The Morgan fingerprint density at radius 1 is 1.50 bits per heavy atom. The lowest BCUT2D eigenvalue weighted by Gasteiger charge is -2.52. The molecule has 2 rings (SSSR count). The third kappa shape index (κ3) is 2.03. The van der Waals surface area contributed by atoms with Crippen molar-refractivity contribution in [3.63, 3.8) is 0 Å². The van der Waals surface area contributed by atoms with E-state index in [1.165, 1.54) is 19.3 Å². The molecule has 0 aromatic rings. The Morgan fingerprint density at radius 2 is 2.31 bits per heavy atom. The van der Waals surface area contributed by atoms with E-state index in [0.717, 1.165) is 25.9 Å². The van der Waals surface area contributed by atoms with E-state index in [9.17, 15) is 4.79 Å². The van der Waals surface area contributed by atoms with Crippen molar-refractivity contribution in [1.82, 2.24) is 4.90 Å². The van der Waals surface area contributed by atoms with Crippen molar-refractivity contribution >= 4 is 5.78 Å². The molecule has 0 unspecified atom stereocenters. The van der Waals surface area contributed by atoms with Crippen LogP contribution in [0.15, 0.2) is 0 Å². The molecule has 0 aromatic carbocycles. The number of ketones is 1. The number of carbonyl (C=O) groups excluding carboxylic acids is 1. The largest absolute Gasteiger partial charge is 0.395 e. The first-order valence-corrected chi connectivity index (χ1v) is 6.58. The van der Waals surface area contributed by atoms with Crippen molar-refractivity contribution < 1.29 is 9.90 Å². The van der Waals surface area contributed by atoms with Crippen LogP contribution in [0.1, 0.15) is 45.4 Å². The minimum atomic E-state index is 0.213. The van der Waals surface area contributed by atoms with Gasteiger partial charge >= 0.3 is 0 Å². The number of aliphatic hydroxyl groups is 1. The first-order valence-electron chi connectivity index (χ1n) is 6.58. The van der Waals surface area contributed by atoms with E-state index in [4.69, 9.17) is 5.11 Å². The van der Waals surface area contributed by atoms with Crippen molar-refractivity contribution in [3.8, 4) is 0 Å². The molecule has 2 fully saturated rings. The number of fused-ring (bicyclic) bond motifs is 1. The maximum Gasteiger partial charge on any atom is 0.134 e. The second kappa shape index (κ2) is 4.84. The monoisotopic (exact) mass is 225 g/mol. The molecule has 1 saturated carbocycles. The van der Waals surface area contributed by atoms with Gasteiger partial charge in [0.15, 0.2) is 0 Å². The van der Waals surface area contributed by atoms with Gasteiger partial charge in [0.2, 0.25) is 0 Å². The van der Waals surface area contributed by atoms with Crippen LogP contribution < -0.4 is 0 Å². The van der Waals surface area contributed by atoms with Crippen LogP contribution in [0.4, 0.5) is 0 Å². The SMILES string of the molecule is CC[C@]12CCCN(CCO)[C@H]1CC(=O)CC2. The predicted molar refractivity (Wildman–Crippen MR) is 63.3 cm³/mol. The van der Waals surface area contributed by atoms with Gasteiger partial charge in [-0.1, -0.05) is 6.92 Å². The van der Waals surface area contributed by atoms with Crippen molar-refractivity contribution in [3.05, 3.63) is 0 Å². The normalized spacial score (nSPS) is 36.1. The summed E-state index contributed by atoms with van der Waals surface area (Å²) in [5, 5.41) is 9.10. The zero-order chi connectivity index (χ0) is 11.6. The van der Waals surface area contributed by atoms with Crippen LogP contribution in [-0.4, -0.2) is 41.5 Å². The highest BCUT2D eigenvalue weighted by Crippen LogP contribution is 2.47. The molecular weight excluding hydrogens is 202 g/mol. The first-order chi connectivity index (χ1) is 7.72. The average molecular weight is 225 g/mol. The van der Waals surface area contributed by atoms with Gasteiger partial charge in [-0.05, 0) is 37.6 Å². The molecule has 2 aliphatic rings. The third-order valence-electron chi connectivity index (χ3n) is 4.68. The van der Waals surface area contributed by atoms with Gasteiger partial charge < -0.3 is 5.11 Å². The van der Waals surface area contributed by atoms with Crippen molar-refractivity contribution in [2.45, 2.75) is 51.5 Å². The Kier molecular flexibility index (Phi) is 3.65. The van der Waals surface area contributed by atoms with Gasteiger partial charge in [-0.25, -0.2) is 0 Å². The van der Waals surface area contributed by atoms with Crippen LogP contribution in [0.5, 0.6) is 0 Å². The van der Waals surface area contributed by atoms with E-state index < -0.39 is 0 Å². The summed E-state index contributed by atoms with van der Waals surface area (Å²) in [6, 6.07) is 0.402. The summed E-state index contributed by atoms with van der Waals surface area (Å²) in [4.78, 5) is 14.0. The van der Waals surface area contributed by atoms with Crippen LogP contribution in [0, 0.1) is 5.41 Å². The van der Waals surface area contributed by atoms with Gasteiger partial charge in [0.25, 0.3) is 0 Å². The highest BCUT2D eigenvalue weighted by atomic mass is 16.3. The Balaban J connectivity index is 2.17. The summed E-state index contributed by atoms with van der Waals surface area (Å²) in [5.74, 6) is 0.416. The van der Waals surface area contributed by atoms with E-state index in [-0.39, 0.29) is 6.61 Å². The molecule has 0 radical (unpaired) electrons. The molecule has 0 aromatic heterocycles. The summed E-state index contributed by atoms with van der Waals surface area (Å²) in [6.07, 6.45) is 6.22. The number of hydrogen-bond donors (Lipinski definition) is 1. The highest BCUT2D eigenvalue weighted by Gasteiger charge is 2.46. The maximum atomic E-state index is 11.6. The zero-order valence-electron chi connectivity index (χ0n) is 10.2. The second-order valence-electron chi connectivity index (χ2n) is 5.34. The number of rotatable bonds is 3. The summed E-state index contributed by atoms with van der Waals surface area (Å²) in [7, 11) is 0. The number of likely N-dealkylation sites (tertiary alicyclic amines) is 1. The molecule has 92 valence electrons. The van der Waals surface area contributed by atoms with E-state index in [1.807, 2.05) is 0 Å². The molecule has 3 nitrogen and oxygen atoms in total. The van der Waals surface area contributed by atoms with Crippen LogP contribution in [-0.2, 0) is 4.79 Å². The fourth-order valence-corrected chi connectivity index (χ4v) is 3.67. The standard InChI is InChI=1S/C13H23NO2/c1-2-13-5-3-7-14(8-9-15)12(13)10-11(16)4-6-13/h12,15H,2-10H2,1H3/t12-,13+/m0/s1. The number of aliphatic hydroxyl groups excluding tert-OH is 1. The van der Waals surface area contributed by atoms with Crippen LogP contribution in [0.2, 0.25) is 0 Å². The van der Waals surface area contributed by atoms with Crippen LogP contribution >= 0.6 is 0 Å². The van der Waals surface area contributed by atoms with Gasteiger partial charge in [-0.3, -0.25) is 9.69 Å². The van der Waals surface area contributed by atoms with Crippen molar-refractivity contribution in [1.29, 1.82) is 0 Å². The number of β-amino-alcohol motifs (C(OH)–C–C–N with tert-alkyl or cyclic N) is 1. The fourth-order valence-electron chi connectivity index (χ4n) is 3.67. The minimum Gasteiger partial charge on any atom is -0.395 e. The van der Waals surface area contributed by atoms with Crippen molar-refractivity contribution in [2.24, 2.45) is 5.41 Å². The molecule has 16 heavy (non-hydrogen) atoms. The molecule has 1 saturated heterocycles. The lowest BCUT2D eigenvalue weighted by atomic mass is 9.63. The van der Waals surface area contributed by atoms with Gasteiger partial charge in [0.1, 0.15) is 5.78 Å². The minimum absolute atomic E-state index is 0.213. The Bertz CT molecular complexity index is 265. The molecule has 1 aliphatic heterocycles. The van der Waals surface area contributed by atoms with Gasteiger partial charge in [0, 0.05) is 25.4 Å². The number of carbonyl (C=O) groups is 1. The third-order valence-corrected chi connectivity index (χ3v) is 4.68. The molecule has 2 atom stereocenters. The topological polar surface area (TPSA) is 40.5 Å².